The zero-order valence-electron chi connectivity index (χ0n) is 10.5. The summed E-state index contributed by atoms with van der Waals surface area (Å²) in [7, 11) is 0. The van der Waals surface area contributed by atoms with Gasteiger partial charge in [-0.25, -0.2) is 4.98 Å². The minimum Gasteiger partial charge on any atom is -0.384 e. The van der Waals surface area contributed by atoms with Crippen molar-refractivity contribution in [1.82, 2.24) is 9.55 Å². The zero-order chi connectivity index (χ0) is 13.4. The van der Waals surface area contributed by atoms with Crippen LogP contribution in [-0.4, -0.2) is 15.4 Å². The summed E-state index contributed by atoms with van der Waals surface area (Å²) in [4.78, 5) is 4.47. The molecule has 0 saturated carbocycles. The smallest absolute Gasteiger partial charge is 0.126 e. The summed E-state index contributed by atoms with van der Waals surface area (Å²) in [6, 6.07) is 5.56. The average molecular weight is 275 g/mol. The molecule has 0 radical (unpaired) electrons. The summed E-state index contributed by atoms with van der Waals surface area (Å²) in [5, 5.41) is 8.22. The van der Waals surface area contributed by atoms with Crippen LogP contribution in [0.2, 0.25) is 5.02 Å². The van der Waals surface area contributed by atoms with Crippen LogP contribution in [0.3, 0.4) is 0 Å². The first-order valence-electron chi connectivity index (χ1n) is 6.37. The third kappa shape index (κ3) is 2.02. The van der Waals surface area contributed by atoms with Gasteiger partial charge < -0.3 is 10.3 Å². The quantitative estimate of drug-likeness (QED) is 0.653. The van der Waals surface area contributed by atoms with E-state index in [4.69, 9.17) is 22.7 Å². The number of benzene rings is 1. The lowest BCUT2D eigenvalue weighted by atomic mass is 10.0. The fourth-order valence-corrected chi connectivity index (χ4v) is 2.93. The number of halogens is 1. The van der Waals surface area contributed by atoms with E-state index in [1.54, 1.807) is 6.07 Å². The summed E-state index contributed by atoms with van der Waals surface area (Å²) in [6.45, 7) is 0. The number of nitrogens with one attached hydrogen (secondary N) is 1. The molecule has 0 bridgehead atoms. The maximum Gasteiger partial charge on any atom is 0.126 e. The van der Waals surface area contributed by atoms with Gasteiger partial charge >= 0.3 is 0 Å². The molecule has 4 nitrogen and oxygen atoms in total. The molecule has 3 N–H and O–H groups in total. The molecular weight excluding hydrogens is 260 g/mol. The molecule has 98 valence electrons. The number of fused-ring (bicyclic) bond motifs is 1. The topological polar surface area (TPSA) is 67.7 Å². The van der Waals surface area contributed by atoms with Gasteiger partial charge in [-0.2, -0.15) is 0 Å². The first kappa shape index (κ1) is 12.2. The monoisotopic (exact) mass is 274 g/mol. The van der Waals surface area contributed by atoms with Gasteiger partial charge in [0.15, 0.2) is 0 Å². The lowest BCUT2D eigenvalue weighted by Gasteiger charge is -2.16. The van der Waals surface area contributed by atoms with Crippen molar-refractivity contribution in [3.8, 4) is 5.69 Å². The molecule has 1 aromatic carbocycles. The van der Waals surface area contributed by atoms with Crippen LogP contribution < -0.4 is 5.73 Å². The molecule has 0 spiro atoms. The molecule has 19 heavy (non-hydrogen) atoms. The molecule has 2 aromatic rings. The van der Waals surface area contributed by atoms with E-state index < -0.39 is 0 Å². The second-order valence-corrected chi connectivity index (χ2v) is 5.17. The molecule has 1 aliphatic carbocycles. The molecular formula is C14H15ClN4. The Balaban J connectivity index is 2.20. The predicted octanol–water partition coefficient (Wildman–Crippen LogP) is 2.69. The highest BCUT2D eigenvalue weighted by Gasteiger charge is 2.19. The number of aromatic nitrogens is 2. The van der Waals surface area contributed by atoms with Crippen LogP contribution in [0.25, 0.3) is 5.69 Å². The molecule has 5 heteroatoms. The Bertz CT molecular complexity index is 645. The highest BCUT2D eigenvalue weighted by molar-refractivity contribution is 6.34. The summed E-state index contributed by atoms with van der Waals surface area (Å²) >= 11 is 6.17. The first-order chi connectivity index (χ1) is 9.18. The highest BCUT2D eigenvalue weighted by atomic mass is 35.5. The average Bonchev–Trinajstić information content (AvgIpc) is 2.81. The van der Waals surface area contributed by atoms with E-state index in [1.807, 2.05) is 23.0 Å². The Kier molecular flexibility index (Phi) is 3.03. The van der Waals surface area contributed by atoms with Gasteiger partial charge in [0.2, 0.25) is 0 Å². The minimum atomic E-state index is -0.0149. The maximum atomic E-state index is 7.72. The van der Waals surface area contributed by atoms with Gasteiger partial charge in [0.05, 0.1) is 28.3 Å². The minimum absolute atomic E-state index is 0.0149. The number of amidine groups is 1. The van der Waals surface area contributed by atoms with Gasteiger partial charge in [-0.1, -0.05) is 17.7 Å². The van der Waals surface area contributed by atoms with Gasteiger partial charge in [0.25, 0.3) is 0 Å². The standard InChI is InChI=1S/C14H15ClN4/c15-9-4-3-7-12(13(9)14(16)17)19-8-18-10-5-1-2-6-11(10)19/h3-4,7-8H,1-2,5-6H2,(H3,16,17). The van der Waals surface area contributed by atoms with Crippen LogP contribution in [0, 0.1) is 5.41 Å². The number of hydrogen-bond donors (Lipinski definition) is 2. The normalized spacial score (nSPS) is 14.2. The molecule has 0 amide bonds. The molecule has 1 aromatic heterocycles. The first-order valence-corrected chi connectivity index (χ1v) is 6.74. The lowest BCUT2D eigenvalue weighted by Crippen LogP contribution is -2.16. The number of rotatable bonds is 2. The fraction of sp³-hybridized carbons (Fsp3) is 0.286. The van der Waals surface area contributed by atoms with Crippen LogP contribution in [0.5, 0.6) is 0 Å². The van der Waals surface area contributed by atoms with Crippen molar-refractivity contribution in [1.29, 1.82) is 5.41 Å². The number of hydrogen-bond acceptors (Lipinski definition) is 2. The van der Waals surface area contributed by atoms with E-state index >= 15 is 0 Å². The molecule has 0 aliphatic heterocycles. The third-order valence-corrected chi connectivity index (χ3v) is 3.87. The van der Waals surface area contributed by atoms with Gasteiger partial charge in [0, 0.05) is 5.69 Å². The van der Waals surface area contributed by atoms with Gasteiger partial charge in [-0.05, 0) is 37.8 Å². The van der Waals surface area contributed by atoms with Gasteiger partial charge in [-0.15, -0.1) is 0 Å². The number of aryl methyl sites for hydroxylation is 1. The molecule has 3 rings (SSSR count). The maximum absolute atomic E-state index is 7.72. The summed E-state index contributed by atoms with van der Waals surface area (Å²) < 4.78 is 2.02. The zero-order valence-corrected chi connectivity index (χ0v) is 11.2. The molecule has 1 aliphatic rings. The number of nitrogens with zero attached hydrogens (tertiary/aromatic N) is 2. The van der Waals surface area contributed by atoms with Gasteiger partial charge in [0.1, 0.15) is 5.84 Å². The van der Waals surface area contributed by atoms with Crippen LogP contribution in [0.4, 0.5) is 0 Å². The summed E-state index contributed by atoms with van der Waals surface area (Å²) in [5.74, 6) is -0.0149. The largest absolute Gasteiger partial charge is 0.384 e. The van der Waals surface area contributed by atoms with E-state index in [-0.39, 0.29) is 5.84 Å². The molecule has 0 atom stereocenters. The Morgan fingerprint density at radius 1 is 1.32 bits per heavy atom. The van der Waals surface area contributed by atoms with Crippen LogP contribution in [0.15, 0.2) is 24.5 Å². The third-order valence-electron chi connectivity index (χ3n) is 3.55. The lowest BCUT2D eigenvalue weighted by molar-refractivity contribution is 0.656. The number of nitrogens with two attached hydrogens (primary N) is 1. The number of imidazole rings is 1. The summed E-state index contributed by atoms with van der Waals surface area (Å²) in [5.41, 5.74) is 9.46. The second-order valence-electron chi connectivity index (χ2n) is 4.76. The van der Waals surface area contributed by atoms with Crippen molar-refractivity contribution in [2.24, 2.45) is 5.73 Å². The van der Waals surface area contributed by atoms with Crippen LogP contribution in [-0.2, 0) is 12.8 Å². The van der Waals surface area contributed by atoms with E-state index in [0.717, 1.165) is 24.2 Å². The predicted molar refractivity (Wildman–Crippen MR) is 76.2 cm³/mol. The summed E-state index contributed by atoms with van der Waals surface area (Å²) in [6.07, 6.45) is 6.22. The van der Waals surface area contributed by atoms with Crippen LogP contribution >= 0.6 is 11.6 Å². The molecule has 0 saturated heterocycles. The van der Waals surface area contributed by atoms with E-state index in [9.17, 15) is 0 Å². The number of nitrogen functional groups attached to an aromatic ring is 1. The Hall–Kier alpha value is -1.81. The van der Waals surface area contributed by atoms with E-state index in [1.165, 1.54) is 18.5 Å². The fourth-order valence-electron chi connectivity index (χ4n) is 2.66. The Labute approximate surface area is 116 Å². The Morgan fingerprint density at radius 2 is 2.11 bits per heavy atom. The molecule has 0 fully saturated rings. The highest BCUT2D eigenvalue weighted by Crippen LogP contribution is 2.27. The van der Waals surface area contributed by atoms with Crippen molar-refractivity contribution in [3.63, 3.8) is 0 Å². The van der Waals surface area contributed by atoms with Crippen molar-refractivity contribution < 1.29 is 0 Å². The van der Waals surface area contributed by atoms with Gasteiger partial charge in [-0.3, -0.25) is 5.41 Å². The molecule has 0 unspecified atom stereocenters. The van der Waals surface area contributed by atoms with Crippen molar-refractivity contribution in [2.45, 2.75) is 25.7 Å². The second kappa shape index (κ2) is 4.70. The van der Waals surface area contributed by atoms with E-state index in [0.29, 0.717) is 10.6 Å². The SMILES string of the molecule is N=C(N)c1c(Cl)cccc1-n1cnc2c1CCCC2. The van der Waals surface area contributed by atoms with Crippen molar-refractivity contribution in [2.75, 3.05) is 0 Å². The van der Waals surface area contributed by atoms with E-state index in [2.05, 4.69) is 4.98 Å². The molecule has 1 heterocycles. The van der Waals surface area contributed by atoms with Crippen molar-refractivity contribution >= 4 is 17.4 Å². The van der Waals surface area contributed by atoms with Crippen LogP contribution in [0.1, 0.15) is 29.8 Å². The van der Waals surface area contributed by atoms with Crippen molar-refractivity contribution in [3.05, 3.63) is 46.5 Å². The Morgan fingerprint density at radius 3 is 2.89 bits per heavy atom.